The van der Waals surface area contributed by atoms with Crippen LogP contribution < -0.4 is 10.2 Å². The fourth-order valence-electron chi connectivity index (χ4n) is 2.97. The van der Waals surface area contributed by atoms with Crippen molar-refractivity contribution in [2.75, 3.05) is 23.3 Å². The number of piperidine rings is 1. The first-order valence-corrected chi connectivity index (χ1v) is 6.43. The molecule has 0 spiro atoms. The Morgan fingerprint density at radius 1 is 1.44 bits per heavy atom. The largest absolute Gasteiger partial charge is 0.381 e. The molecule has 0 amide bonds. The van der Waals surface area contributed by atoms with E-state index < -0.39 is 0 Å². The number of benzene rings is 1. The summed E-state index contributed by atoms with van der Waals surface area (Å²) in [5, 5.41) is 4.35. The molecule has 2 aliphatic rings. The number of hydrogen-bond acceptors (Lipinski definition) is 2. The number of halogens is 1. The van der Waals surface area contributed by atoms with Gasteiger partial charge in [-0.2, -0.15) is 0 Å². The Hall–Kier alpha value is -0.890. The highest BCUT2D eigenvalue weighted by Gasteiger charge is 2.32. The molecule has 0 aromatic heterocycles. The van der Waals surface area contributed by atoms with Crippen molar-refractivity contribution in [1.29, 1.82) is 0 Å². The summed E-state index contributed by atoms with van der Waals surface area (Å²) >= 11 is 6.09. The van der Waals surface area contributed by atoms with Crippen molar-refractivity contribution in [3.8, 4) is 0 Å². The van der Waals surface area contributed by atoms with Gasteiger partial charge in [0, 0.05) is 24.2 Å². The third-order valence-electron chi connectivity index (χ3n) is 3.89. The van der Waals surface area contributed by atoms with Gasteiger partial charge in [0.2, 0.25) is 0 Å². The molecule has 2 nitrogen and oxygen atoms in total. The molecule has 0 bridgehead atoms. The molecule has 1 aromatic rings. The fourth-order valence-corrected chi connectivity index (χ4v) is 3.13. The summed E-state index contributed by atoms with van der Waals surface area (Å²) in [5.41, 5.74) is 2.52. The Morgan fingerprint density at radius 3 is 3.19 bits per heavy atom. The molecule has 2 unspecified atom stereocenters. The first kappa shape index (κ1) is 10.3. The van der Waals surface area contributed by atoms with Crippen molar-refractivity contribution in [2.45, 2.75) is 25.8 Å². The molecule has 2 heterocycles. The van der Waals surface area contributed by atoms with Gasteiger partial charge in [0.25, 0.3) is 0 Å². The zero-order chi connectivity index (χ0) is 11.1. The Balaban J connectivity index is 2.01. The lowest BCUT2D eigenvalue weighted by atomic mass is 9.88. The molecule has 1 N–H and O–H groups in total. The van der Waals surface area contributed by atoms with E-state index in [4.69, 9.17) is 11.6 Å². The summed E-state index contributed by atoms with van der Waals surface area (Å²) in [5.74, 6) is 0.772. The smallest absolute Gasteiger partial charge is 0.0620 e. The second-order valence-electron chi connectivity index (χ2n) is 4.92. The minimum absolute atomic E-state index is 0.639. The van der Waals surface area contributed by atoms with E-state index in [2.05, 4.69) is 29.3 Å². The lowest BCUT2D eigenvalue weighted by Crippen LogP contribution is -2.51. The molecule has 0 radical (unpaired) electrons. The van der Waals surface area contributed by atoms with Crippen molar-refractivity contribution in [2.24, 2.45) is 5.92 Å². The van der Waals surface area contributed by atoms with Crippen molar-refractivity contribution in [3.63, 3.8) is 0 Å². The highest BCUT2D eigenvalue weighted by molar-refractivity contribution is 6.31. The molecule has 1 saturated heterocycles. The van der Waals surface area contributed by atoms with Crippen molar-refractivity contribution >= 4 is 23.0 Å². The lowest BCUT2D eigenvalue weighted by molar-refractivity contribution is 0.351. The maximum atomic E-state index is 6.09. The Bertz CT molecular complexity index is 405. The standard InChI is InChI=1S/C13H17ClN2/c1-9-3-2-6-16-12-7-10(14)4-5-11(12)15-8-13(9)16/h4-5,7,9,13,15H,2-3,6,8H2,1H3. The van der Waals surface area contributed by atoms with Crippen molar-refractivity contribution in [1.82, 2.24) is 0 Å². The van der Waals surface area contributed by atoms with E-state index >= 15 is 0 Å². The van der Waals surface area contributed by atoms with Crippen LogP contribution >= 0.6 is 11.6 Å². The van der Waals surface area contributed by atoms with E-state index in [0.29, 0.717) is 6.04 Å². The Labute approximate surface area is 102 Å². The molecule has 0 aliphatic carbocycles. The monoisotopic (exact) mass is 236 g/mol. The summed E-state index contributed by atoms with van der Waals surface area (Å²) in [6, 6.07) is 6.78. The Morgan fingerprint density at radius 2 is 2.31 bits per heavy atom. The topological polar surface area (TPSA) is 15.3 Å². The zero-order valence-corrected chi connectivity index (χ0v) is 10.3. The van der Waals surface area contributed by atoms with Crippen LogP contribution in [0.2, 0.25) is 5.02 Å². The normalized spacial score (nSPS) is 28.0. The number of rotatable bonds is 0. The average Bonchev–Trinajstić information content (AvgIpc) is 2.29. The summed E-state index contributed by atoms with van der Waals surface area (Å²) in [6.07, 6.45) is 2.64. The number of nitrogens with zero attached hydrogens (tertiary/aromatic N) is 1. The van der Waals surface area contributed by atoms with Crippen LogP contribution in [0.15, 0.2) is 18.2 Å². The van der Waals surface area contributed by atoms with Gasteiger partial charge in [-0.3, -0.25) is 0 Å². The number of fused-ring (bicyclic) bond motifs is 3. The molecule has 2 aliphatic heterocycles. The van der Waals surface area contributed by atoms with Crippen LogP contribution in [0.1, 0.15) is 19.8 Å². The predicted molar refractivity (Wildman–Crippen MR) is 69.5 cm³/mol. The molecule has 1 fully saturated rings. The quantitative estimate of drug-likeness (QED) is 0.743. The molecular weight excluding hydrogens is 220 g/mol. The molecule has 16 heavy (non-hydrogen) atoms. The first-order chi connectivity index (χ1) is 7.75. The van der Waals surface area contributed by atoms with Crippen LogP contribution in [0.4, 0.5) is 11.4 Å². The molecule has 3 heteroatoms. The highest BCUT2D eigenvalue weighted by Crippen LogP contribution is 2.38. The first-order valence-electron chi connectivity index (χ1n) is 6.06. The average molecular weight is 237 g/mol. The molecule has 1 aromatic carbocycles. The third kappa shape index (κ3) is 1.56. The van der Waals surface area contributed by atoms with Crippen molar-refractivity contribution < 1.29 is 0 Å². The predicted octanol–water partition coefficient (Wildman–Crippen LogP) is 3.37. The van der Waals surface area contributed by atoms with Gasteiger partial charge in [0.15, 0.2) is 0 Å². The summed E-state index contributed by atoms with van der Waals surface area (Å²) < 4.78 is 0. The maximum absolute atomic E-state index is 6.09. The fraction of sp³-hybridized carbons (Fsp3) is 0.538. The summed E-state index contributed by atoms with van der Waals surface area (Å²) in [7, 11) is 0. The van der Waals surface area contributed by atoms with Gasteiger partial charge in [0.1, 0.15) is 0 Å². The van der Waals surface area contributed by atoms with Crippen LogP contribution in [0.5, 0.6) is 0 Å². The van der Waals surface area contributed by atoms with Gasteiger partial charge in [-0.15, -0.1) is 0 Å². The number of nitrogens with one attached hydrogen (secondary N) is 1. The van der Waals surface area contributed by atoms with Crippen LogP contribution in [0.3, 0.4) is 0 Å². The molecule has 86 valence electrons. The highest BCUT2D eigenvalue weighted by atomic mass is 35.5. The van der Waals surface area contributed by atoms with Gasteiger partial charge in [-0.1, -0.05) is 18.5 Å². The minimum Gasteiger partial charge on any atom is -0.381 e. The molecular formula is C13H17ClN2. The number of anilines is 2. The molecule has 3 rings (SSSR count). The maximum Gasteiger partial charge on any atom is 0.0620 e. The third-order valence-corrected chi connectivity index (χ3v) is 4.12. The molecule has 0 saturated carbocycles. The van der Waals surface area contributed by atoms with Gasteiger partial charge in [-0.25, -0.2) is 0 Å². The zero-order valence-electron chi connectivity index (χ0n) is 9.54. The summed E-state index contributed by atoms with van der Waals surface area (Å²) in [6.45, 7) is 4.59. The van der Waals surface area contributed by atoms with E-state index in [9.17, 15) is 0 Å². The van der Waals surface area contributed by atoms with E-state index in [-0.39, 0.29) is 0 Å². The Kier molecular flexibility index (Phi) is 2.47. The minimum atomic E-state index is 0.639. The van der Waals surface area contributed by atoms with Gasteiger partial charge in [0.05, 0.1) is 11.4 Å². The van der Waals surface area contributed by atoms with Crippen LogP contribution in [0.25, 0.3) is 0 Å². The van der Waals surface area contributed by atoms with Gasteiger partial charge < -0.3 is 10.2 Å². The molecule has 2 atom stereocenters. The van der Waals surface area contributed by atoms with Crippen LogP contribution in [-0.2, 0) is 0 Å². The van der Waals surface area contributed by atoms with Crippen molar-refractivity contribution in [3.05, 3.63) is 23.2 Å². The SMILES string of the molecule is CC1CCCN2c3cc(Cl)ccc3NCC12. The van der Waals surface area contributed by atoms with E-state index in [1.165, 1.54) is 30.8 Å². The van der Waals surface area contributed by atoms with Crippen LogP contribution in [0, 0.1) is 5.92 Å². The van der Waals surface area contributed by atoms with Gasteiger partial charge >= 0.3 is 0 Å². The van der Waals surface area contributed by atoms with E-state index in [1.807, 2.05) is 6.07 Å². The van der Waals surface area contributed by atoms with E-state index in [0.717, 1.165) is 17.5 Å². The second-order valence-corrected chi connectivity index (χ2v) is 5.36. The summed E-state index contributed by atoms with van der Waals surface area (Å²) in [4.78, 5) is 2.53. The second kappa shape index (κ2) is 3.85. The lowest BCUT2D eigenvalue weighted by Gasteiger charge is -2.45. The number of hydrogen-bond donors (Lipinski definition) is 1. The van der Waals surface area contributed by atoms with Gasteiger partial charge in [-0.05, 0) is 37.0 Å². The van der Waals surface area contributed by atoms with Crippen LogP contribution in [-0.4, -0.2) is 19.1 Å². The van der Waals surface area contributed by atoms with E-state index in [1.54, 1.807) is 0 Å².